The molecule has 208 valence electrons. The van der Waals surface area contributed by atoms with Crippen LogP contribution in [0.3, 0.4) is 0 Å². The Bertz CT molecular complexity index is 1280. The second kappa shape index (κ2) is 13.5. The number of aromatic amines is 1. The quantitative estimate of drug-likeness (QED) is 0.250. The standard InChI is InChI=1S/C29H35N3O7/c1-29(2,3)39-28(36)32-23(14-15-25(33)38-18-19-10-6-5-7-11-19)26(34)31-24(27(35)37-4)16-20-17-30-22-13-9-8-12-21(20)22/h5-13,17,23-24,30H,14-16,18H2,1-4H3,(H,31,34)(H,32,36)/t23-,24-/m0/s1. The number of alkyl carbamates (subject to hydrolysis) is 1. The van der Waals surface area contributed by atoms with Gasteiger partial charge in [0.15, 0.2) is 0 Å². The number of H-pyrrole nitrogens is 1. The minimum atomic E-state index is -1.17. The second-order valence-electron chi connectivity index (χ2n) is 10.0. The van der Waals surface area contributed by atoms with Gasteiger partial charge < -0.3 is 29.8 Å². The number of carbonyl (C=O) groups excluding carboxylic acids is 4. The van der Waals surface area contributed by atoms with Crippen molar-refractivity contribution in [2.45, 2.75) is 64.3 Å². The molecule has 2 aromatic carbocycles. The maximum Gasteiger partial charge on any atom is 0.408 e. The Morgan fingerprint density at radius 3 is 2.31 bits per heavy atom. The molecule has 0 aliphatic carbocycles. The molecule has 1 heterocycles. The number of nitrogens with one attached hydrogen (secondary N) is 3. The molecular weight excluding hydrogens is 502 g/mol. The predicted molar refractivity (Wildman–Crippen MR) is 145 cm³/mol. The number of hydrogen-bond acceptors (Lipinski definition) is 7. The summed E-state index contributed by atoms with van der Waals surface area (Å²) in [6.07, 6.45) is 0.879. The van der Waals surface area contributed by atoms with E-state index >= 15 is 0 Å². The van der Waals surface area contributed by atoms with E-state index in [0.29, 0.717) is 0 Å². The number of benzene rings is 2. The van der Waals surface area contributed by atoms with Crippen LogP contribution >= 0.6 is 0 Å². The van der Waals surface area contributed by atoms with Crippen LogP contribution in [0.4, 0.5) is 4.79 Å². The second-order valence-corrected chi connectivity index (χ2v) is 10.0. The first-order chi connectivity index (χ1) is 18.6. The molecule has 0 bridgehead atoms. The molecule has 3 rings (SSSR count). The highest BCUT2D eigenvalue weighted by molar-refractivity contribution is 5.91. The van der Waals surface area contributed by atoms with Crippen molar-refractivity contribution < 1.29 is 33.4 Å². The van der Waals surface area contributed by atoms with Crippen LogP contribution in [0.25, 0.3) is 10.9 Å². The summed E-state index contributed by atoms with van der Waals surface area (Å²) >= 11 is 0. The summed E-state index contributed by atoms with van der Waals surface area (Å²) in [6.45, 7) is 5.16. The molecule has 0 unspecified atom stereocenters. The molecule has 0 radical (unpaired) electrons. The molecule has 0 spiro atoms. The number of methoxy groups -OCH3 is 1. The van der Waals surface area contributed by atoms with Gasteiger partial charge in [0.1, 0.15) is 24.3 Å². The lowest BCUT2D eigenvalue weighted by molar-refractivity contribution is -0.146. The Hall–Kier alpha value is -4.34. The van der Waals surface area contributed by atoms with E-state index in [1.807, 2.05) is 54.6 Å². The van der Waals surface area contributed by atoms with Crippen LogP contribution in [0.2, 0.25) is 0 Å². The summed E-state index contributed by atoms with van der Waals surface area (Å²) in [5.41, 5.74) is 1.72. The summed E-state index contributed by atoms with van der Waals surface area (Å²) in [5.74, 6) is -1.84. The lowest BCUT2D eigenvalue weighted by Crippen LogP contribution is -2.53. The number of aromatic nitrogens is 1. The zero-order valence-corrected chi connectivity index (χ0v) is 22.6. The molecule has 39 heavy (non-hydrogen) atoms. The van der Waals surface area contributed by atoms with Crippen molar-refractivity contribution in [3.63, 3.8) is 0 Å². The third kappa shape index (κ3) is 9.17. The monoisotopic (exact) mass is 537 g/mol. The fourth-order valence-corrected chi connectivity index (χ4v) is 3.92. The van der Waals surface area contributed by atoms with Crippen molar-refractivity contribution >= 4 is 34.8 Å². The number of rotatable bonds is 11. The number of esters is 2. The Labute approximate surface area is 227 Å². The van der Waals surface area contributed by atoms with Crippen molar-refractivity contribution in [1.82, 2.24) is 15.6 Å². The van der Waals surface area contributed by atoms with Crippen LogP contribution in [0.1, 0.15) is 44.7 Å². The predicted octanol–water partition coefficient (Wildman–Crippen LogP) is 3.79. The Morgan fingerprint density at radius 1 is 0.923 bits per heavy atom. The highest BCUT2D eigenvalue weighted by Crippen LogP contribution is 2.19. The molecule has 2 atom stereocenters. The van der Waals surface area contributed by atoms with E-state index in [1.165, 1.54) is 7.11 Å². The van der Waals surface area contributed by atoms with Crippen molar-refractivity contribution in [1.29, 1.82) is 0 Å². The van der Waals surface area contributed by atoms with Gasteiger partial charge >= 0.3 is 18.0 Å². The summed E-state index contributed by atoms with van der Waals surface area (Å²) in [4.78, 5) is 53.9. The van der Waals surface area contributed by atoms with E-state index in [-0.39, 0.29) is 25.9 Å². The molecule has 3 N–H and O–H groups in total. The van der Waals surface area contributed by atoms with Crippen LogP contribution in [0.15, 0.2) is 60.8 Å². The average molecular weight is 538 g/mol. The van der Waals surface area contributed by atoms with Gasteiger partial charge in [-0.1, -0.05) is 48.5 Å². The molecule has 0 aliphatic heterocycles. The SMILES string of the molecule is COC(=O)[C@H](Cc1c[nH]c2ccccc12)NC(=O)[C@H](CCC(=O)OCc1ccccc1)NC(=O)OC(C)(C)C. The molecule has 2 amide bonds. The van der Waals surface area contributed by atoms with Gasteiger partial charge in [0.05, 0.1) is 7.11 Å². The summed E-state index contributed by atoms with van der Waals surface area (Å²) < 4.78 is 15.5. The van der Waals surface area contributed by atoms with Crippen molar-refractivity contribution in [2.75, 3.05) is 7.11 Å². The number of amides is 2. The van der Waals surface area contributed by atoms with Crippen molar-refractivity contribution in [3.8, 4) is 0 Å². The fourth-order valence-electron chi connectivity index (χ4n) is 3.92. The average Bonchev–Trinajstić information content (AvgIpc) is 3.31. The van der Waals surface area contributed by atoms with Gasteiger partial charge in [-0.2, -0.15) is 0 Å². The van der Waals surface area contributed by atoms with Crippen LogP contribution in [0.5, 0.6) is 0 Å². The highest BCUT2D eigenvalue weighted by atomic mass is 16.6. The number of fused-ring (bicyclic) bond motifs is 1. The fraction of sp³-hybridized carbons (Fsp3) is 0.379. The van der Waals surface area contributed by atoms with E-state index in [1.54, 1.807) is 27.0 Å². The number of ether oxygens (including phenoxy) is 3. The molecule has 0 aliphatic rings. The summed E-state index contributed by atoms with van der Waals surface area (Å²) in [7, 11) is 1.23. The van der Waals surface area contributed by atoms with Crippen LogP contribution in [-0.4, -0.2) is 53.7 Å². The van der Waals surface area contributed by atoms with Gasteiger partial charge in [0, 0.05) is 29.9 Å². The van der Waals surface area contributed by atoms with Crippen LogP contribution in [-0.2, 0) is 41.6 Å². The smallest absolute Gasteiger partial charge is 0.408 e. The minimum absolute atomic E-state index is 0.0698. The number of carbonyl (C=O) groups is 4. The first kappa shape index (κ1) is 29.2. The highest BCUT2D eigenvalue weighted by Gasteiger charge is 2.30. The van der Waals surface area contributed by atoms with E-state index < -0.39 is 41.6 Å². The molecule has 1 aromatic heterocycles. The number of hydrogen-bond donors (Lipinski definition) is 3. The maximum absolute atomic E-state index is 13.3. The molecule has 0 fully saturated rings. The van der Waals surface area contributed by atoms with E-state index in [9.17, 15) is 19.2 Å². The lowest BCUT2D eigenvalue weighted by Gasteiger charge is -2.24. The number of para-hydroxylation sites is 1. The summed E-state index contributed by atoms with van der Waals surface area (Å²) in [6, 6.07) is 14.6. The molecule has 3 aromatic rings. The van der Waals surface area contributed by atoms with E-state index in [2.05, 4.69) is 15.6 Å². The lowest BCUT2D eigenvalue weighted by atomic mass is 10.0. The molecule has 0 saturated heterocycles. The zero-order chi connectivity index (χ0) is 28.4. The molecule has 10 heteroatoms. The van der Waals surface area contributed by atoms with Crippen LogP contribution in [0, 0.1) is 0 Å². The normalized spacial score (nSPS) is 12.7. The van der Waals surface area contributed by atoms with Gasteiger partial charge in [0.2, 0.25) is 5.91 Å². The molecule has 0 saturated carbocycles. The molecular formula is C29H35N3O7. The van der Waals surface area contributed by atoms with Gasteiger partial charge in [-0.25, -0.2) is 9.59 Å². The zero-order valence-electron chi connectivity index (χ0n) is 22.6. The van der Waals surface area contributed by atoms with Crippen LogP contribution < -0.4 is 10.6 Å². The Kier molecular flexibility index (Phi) is 10.1. The topological polar surface area (TPSA) is 136 Å². The largest absolute Gasteiger partial charge is 0.467 e. The maximum atomic E-state index is 13.3. The van der Waals surface area contributed by atoms with E-state index in [0.717, 1.165) is 22.0 Å². The third-order valence-corrected chi connectivity index (χ3v) is 5.79. The van der Waals surface area contributed by atoms with Gasteiger partial charge in [-0.15, -0.1) is 0 Å². The summed E-state index contributed by atoms with van der Waals surface area (Å²) in [5, 5.41) is 6.09. The third-order valence-electron chi connectivity index (χ3n) is 5.79. The van der Waals surface area contributed by atoms with Crippen molar-refractivity contribution in [2.24, 2.45) is 0 Å². The van der Waals surface area contributed by atoms with E-state index in [4.69, 9.17) is 14.2 Å². The molecule has 10 nitrogen and oxygen atoms in total. The van der Waals surface area contributed by atoms with Gasteiger partial charge in [0.25, 0.3) is 0 Å². The first-order valence-corrected chi connectivity index (χ1v) is 12.7. The van der Waals surface area contributed by atoms with Crippen molar-refractivity contribution in [3.05, 3.63) is 71.9 Å². The minimum Gasteiger partial charge on any atom is -0.467 e. The van der Waals surface area contributed by atoms with Gasteiger partial charge in [-0.05, 0) is 44.4 Å². The Morgan fingerprint density at radius 2 is 1.62 bits per heavy atom. The Balaban J connectivity index is 1.70. The van der Waals surface area contributed by atoms with Gasteiger partial charge in [-0.3, -0.25) is 9.59 Å². The first-order valence-electron chi connectivity index (χ1n) is 12.7.